The van der Waals surface area contributed by atoms with Gasteiger partial charge in [0.15, 0.2) is 0 Å². The number of hydrogen-bond acceptors (Lipinski definition) is 1. The first-order valence-corrected chi connectivity index (χ1v) is 4.94. The van der Waals surface area contributed by atoms with Crippen LogP contribution in [-0.4, -0.2) is 0 Å². The van der Waals surface area contributed by atoms with E-state index in [-0.39, 0.29) is 0 Å². The summed E-state index contributed by atoms with van der Waals surface area (Å²) in [6, 6.07) is 0. The van der Waals surface area contributed by atoms with Crippen molar-refractivity contribution in [2.45, 2.75) is 27.7 Å². The van der Waals surface area contributed by atoms with Gasteiger partial charge in [-0.1, -0.05) is 64.2 Å². The molecule has 0 aliphatic rings. The average molecular weight is 193 g/mol. The molecule has 0 N–H and O–H groups in total. The quantitative estimate of drug-likeness (QED) is 0.629. The highest BCUT2D eigenvalue weighted by molar-refractivity contribution is 8.08. The van der Waals surface area contributed by atoms with Crippen LogP contribution < -0.4 is 0 Å². The Morgan fingerprint density at radius 1 is 1.27 bits per heavy atom. The van der Waals surface area contributed by atoms with Gasteiger partial charge in [0.05, 0.1) is 4.36 Å². The SMILES string of the molecule is C=C(Cl)SC(=C)C(C)C.CC. The first-order chi connectivity index (χ1) is 5.04. The van der Waals surface area contributed by atoms with Crippen molar-refractivity contribution in [3.05, 3.63) is 22.4 Å². The van der Waals surface area contributed by atoms with Crippen molar-refractivity contribution in [1.29, 1.82) is 0 Å². The van der Waals surface area contributed by atoms with Gasteiger partial charge in [0.1, 0.15) is 0 Å². The van der Waals surface area contributed by atoms with Crippen molar-refractivity contribution in [1.82, 2.24) is 0 Å². The highest BCUT2D eigenvalue weighted by Crippen LogP contribution is 2.29. The minimum Gasteiger partial charge on any atom is -0.0888 e. The van der Waals surface area contributed by atoms with Crippen LogP contribution >= 0.6 is 23.4 Å². The number of allylic oxidation sites excluding steroid dienone is 1. The Labute approximate surface area is 79.7 Å². The molecule has 0 aliphatic carbocycles. The number of rotatable bonds is 3. The van der Waals surface area contributed by atoms with Crippen LogP contribution in [0.25, 0.3) is 0 Å². The Bertz CT molecular complexity index is 128. The Kier molecular flexibility index (Phi) is 10.2. The van der Waals surface area contributed by atoms with Crippen molar-refractivity contribution in [3.63, 3.8) is 0 Å². The van der Waals surface area contributed by atoms with E-state index in [0.29, 0.717) is 10.3 Å². The predicted molar refractivity (Wildman–Crippen MR) is 57.9 cm³/mol. The van der Waals surface area contributed by atoms with Crippen molar-refractivity contribution in [2.24, 2.45) is 5.92 Å². The van der Waals surface area contributed by atoms with E-state index in [4.69, 9.17) is 11.6 Å². The second-order valence-electron chi connectivity index (χ2n) is 2.08. The molecule has 0 atom stereocenters. The molecule has 11 heavy (non-hydrogen) atoms. The summed E-state index contributed by atoms with van der Waals surface area (Å²) in [7, 11) is 0. The van der Waals surface area contributed by atoms with Gasteiger partial charge in [0.25, 0.3) is 0 Å². The molecule has 0 amide bonds. The first-order valence-electron chi connectivity index (χ1n) is 3.75. The summed E-state index contributed by atoms with van der Waals surface area (Å²) in [6.45, 7) is 15.5. The summed E-state index contributed by atoms with van der Waals surface area (Å²) in [5.41, 5.74) is 0. The zero-order valence-electron chi connectivity index (χ0n) is 7.78. The maximum Gasteiger partial charge on any atom is 0.0707 e. The molecule has 66 valence electrons. The lowest BCUT2D eigenvalue weighted by atomic mass is 10.2. The van der Waals surface area contributed by atoms with Crippen molar-refractivity contribution in [3.8, 4) is 0 Å². The third-order valence-corrected chi connectivity index (χ3v) is 2.07. The molecule has 0 radical (unpaired) electrons. The smallest absolute Gasteiger partial charge is 0.0707 e. The van der Waals surface area contributed by atoms with E-state index in [1.807, 2.05) is 13.8 Å². The lowest BCUT2D eigenvalue weighted by Gasteiger charge is -2.05. The van der Waals surface area contributed by atoms with E-state index in [2.05, 4.69) is 27.0 Å². The van der Waals surface area contributed by atoms with Crippen LogP contribution in [0.5, 0.6) is 0 Å². The molecule has 0 heterocycles. The second kappa shape index (κ2) is 8.22. The molecular weight excluding hydrogens is 176 g/mol. The summed E-state index contributed by atoms with van der Waals surface area (Å²) in [6.07, 6.45) is 0. The molecule has 0 aromatic rings. The van der Waals surface area contributed by atoms with Crippen LogP contribution in [0, 0.1) is 5.92 Å². The lowest BCUT2D eigenvalue weighted by molar-refractivity contribution is 0.820. The summed E-state index contributed by atoms with van der Waals surface area (Å²) in [5, 5.41) is 0. The summed E-state index contributed by atoms with van der Waals surface area (Å²) in [5.74, 6) is 0.477. The third kappa shape index (κ3) is 10.1. The van der Waals surface area contributed by atoms with Gasteiger partial charge in [-0.2, -0.15) is 0 Å². The van der Waals surface area contributed by atoms with Crippen LogP contribution in [0.4, 0.5) is 0 Å². The summed E-state index contributed by atoms with van der Waals surface area (Å²) < 4.78 is 0.591. The fourth-order valence-electron chi connectivity index (χ4n) is 0.260. The van der Waals surface area contributed by atoms with Crippen LogP contribution in [0.15, 0.2) is 22.4 Å². The van der Waals surface area contributed by atoms with E-state index in [1.54, 1.807) is 0 Å². The lowest BCUT2D eigenvalue weighted by Crippen LogP contribution is -1.85. The van der Waals surface area contributed by atoms with Crippen LogP contribution in [0.3, 0.4) is 0 Å². The summed E-state index contributed by atoms with van der Waals surface area (Å²) in [4.78, 5) is 1.06. The Hall–Kier alpha value is 0.120. The van der Waals surface area contributed by atoms with Gasteiger partial charge in [-0.3, -0.25) is 0 Å². The predicted octanol–water partition coefficient (Wildman–Crippen LogP) is 4.63. The van der Waals surface area contributed by atoms with E-state index in [9.17, 15) is 0 Å². The van der Waals surface area contributed by atoms with E-state index in [0.717, 1.165) is 4.91 Å². The molecule has 0 rings (SSSR count). The van der Waals surface area contributed by atoms with E-state index >= 15 is 0 Å². The molecule has 0 fully saturated rings. The van der Waals surface area contributed by atoms with Gasteiger partial charge in [-0.15, -0.1) is 0 Å². The largest absolute Gasteiger partial charge is 0.0888 e. The average Bonchev–Trinajstić information content (AvgIpc) is 1.90. The second-order valence-corrected chi connectivity index (χ2v) is 3.98. The molecule has 0 saturated heterocycles. The number of halogens is 1. The minimum atomic E-state index is 0.477. The van der Waals surface area contributed by atoms with Gasteiger partial charge in [-0.05, 0) is 10.8 Å². The fourth-order valence-corrected chi connectivity index (χ4v) is 1.08. The molecule has 0 nitrogen and oxygen atoms in total. The van der Waals surface area contributed by atoms with Gasteiger partial charge >= 0.3 is 0 Å². The molecule has 0 saturated carbocycles. The molecule has 0 aliphatic heterocycles. The van der Waals surface area contributed by atoms with Crippen molar-refractivity contribution >= 4 is 23.4 Å². The van der Waals surface area contributed by atoms with Crippen LogP contribution in [0.2, 0.25) is 0 Å². The van der Waals surface area contributed by atoms with Gasteiger partial charge in [-0.25, -0.2) is 0 Å². The molecule has 0 unspecified atom stereocenters. The molecule has 0 aromatic heterocycles. The van der Waals surface area contributed by atoms with Crippen LogP contribution in [-0.2, 0) is 0 Å². The highest BCUT2D eigenvalue weighted by atomic mass is 35.5. The zero-order chi connectivity index (χ0) is 9.44. The molecular formula is C9H17ClS. The normalized spacial score (nSPS) is 8.55. The van der Waals surface area contributed by atoms with Gasteiger partial charge < -0.3 is 0 Å². The molecule has 0 bridgehead atoms. The van der Waals surface area contributed by atoms with Gasteiger partial charge in [0, 0.05) is 0 Å². The Morgan fingerprint density at radius 3 is 1.73 bits per heavy atom. The topological polar surface area (TPSA) is 0 Å². The summed E-state index contributed by atoms with van der Waals surface area (Å²) >= 11 is 6.96. The maximum absolute atomic E-state index is 5.52. The Balaban J connectivity index is 0. The molecule has 2 heteroatoms. The monoisotopic (exact) mass is 192 g/mol. The van der Waals surface area contributed by atoms with Crippen LogP contribution in [0.1, 0.15) is 27.7 Å². The standard InChI is InChI=1S/C7H11ClS.C2H6/c1-5(2)6(3)9-7(4)8;1-2/h5H,3-4H2,1-2H3;1-2H3. The Morgan fingerprint density at radius 2 is 1.64 bits per heavy atom. The number of thioether (sulfide) groups is 1. The zero-order valence-corrected chi connectivity index (χ0v) is 9.35. The molecule has 0 spiro atoms. The van der Waals surface area contributed by atoms with Crippen molar-refractivity contribution < 1.29 is 0 Å². The third-order valence-electron chi connectivity index (χ3n) is 0.886. The maximum atomic E-state index is 5.52. The number of hydrogen-bond donors (Lipinski definition) is 0. The highest BCUT2D eigenvalue weighted by Gasteiger charge is 2.00. The van der Waals surface area contributed by atoms with E-state index < -0.39 is 0 Å². The van der Waals surface area contributed by atoms with Gasteiger partial charge in [0.2, 0.25) is 0 Å². The first kappa shape index (κ1) is 13.7. The van der Waals surface area contributed by atoms with Crippen molar-refractivity contribution in [2.75, 3.05) is 0 Å². The fraction of sp³-hybridized carbons (Fsp3) is 0.556. The minimum absolute atomic E-state index is 0.477. The van der Waals surface area contributed by atoms with E-state index in [1.165, 1.54) is 11.8 Å². The molecule has 0 aromatic carbocycles.